The smallest absolute Gasteiger partial charge is 0.224 e. The summed E-state index contributed by atoms with van der Waals surface area (Å²) in [6.07, 6.45) is 0.206. The van der Waals surface area contributed by atoms with E-state index in [1.807, 2.05) is 24.3 Å². The fourth-order valence-corrected chi connectivity index (χ4v) is 1.56. The van der Waals surface area contributed by atoms with Gasteiger partial charge in [0.2, 0.25) is 11.8 Å². The van der Waals surface area contributed by atoms with E-state index in [0.29, 0.717) is 5.92 Å². The predicted octanol–water partition coefficient (Wildman–Crippen LogP) is 2.01. The number of anilines is 1. The number of carbonyl (C=O) groups excluding carboxylic acids is 2. The van der Waals surface area contributed by atoms with Crippen molar-refractivity contribution >= 4 is 17.5 Å². The third-order valence-electron chi connectivity index (χ3n) is 2.46. The number of nitrogens with one attached hydrogen (secondary N) is 1. The van der Waals surface area contributed by atoms with E-state index >= 15 is 0 Å². The van der Waals surface area contributed by atoms with Crippen molar-refractivity contribution in [3.63, 3.8) is 0 Å². The molecule has 0 aliphatic heterocycles. The predicted molar refractivity (Wildman–Crippen MR) is 67.6 cm³/mol. The Morgan fingerprint density at radius 2 is 1.88 bits per heavy atom. The first-order valence-electron chi connectivity index (χ1n) is 5.67. The van der Waals surface area contributed by atoms with Gasteiger partial charge in [-0.1, -0.05) is 32.0 Å². The van der Waals surface area contributed by atoms with Gasteiger partial charge >= 0.3 is 0 Å². The van der Waals surface area contributed by atoms with Crippen LogP contribution in [0.15, 0.2) is 24.3 Å². The number of rotatable bonds is 5. The largest absolute Gasteiger partial charge is 0.370 e. The summed E-state index contributed by atoms with van der Waals surface area (Å²) in [4.78, 5) is 22.1. The summed E-state index contributed by atoms with van der Waals surface area (Å²) in [6, 6.07) is 7.65. The zero-order chi connectivity index (χ0) is 12.8. The molecule has 0 aliphatic carbocycles. The number of hydrogen-bond donors (Lipinski definition) is 2. The molecule has 0 fully saturated rings. The third-order valence-corrected chi connectivity index (χ3v) is 2.46. The zero-order valence-electron chi connectivity index (χ0n) is 10.2. The van der Waals surface area contributed by atoms with Crippen LogP contribution in [0.3, 0.4) is 0 Å². The van der Waals surface area contributed by atoms with Crippen LogP contribution >= 0.6 is 0 Å². The molecule has 0 radical (unpaired) electrons. The van der Waals surface area contributed by atoms with E-state index in [2.05, 4.69) is 19.2 Å². The van der Waals surface area contributed by atoms with Gasteiger partial charge in [0.05, 0.1) is 0 Å². The van der Waals surface area contributed by atoms with Crippen molar-refractivity contribution in [2.45, 2.75) is 32.6 Å². The molecule has 4 heteroatoms. The fourth-order valence-electron chi connectivity index (χ4n) is 1.56. The molecule has 3 N–H and O–H groups in total. The topological polar surface area (TPSA) is 72.2 Å². The van der Waals surface area contributed by atoms with Gasteiger partial charge in [-0.25, -0.2) is 0 Å². The molecule has 17 heavy (non-hydrogen) atoms. The first kappa shape index (κ1) is 13.2. The molecule has 0 aliphatic rings. The highest BCUT2D eigenvalue weighted by atomic mass is 16.2. The summed E-state index contributed by atoms with van der Waals surface area (Å²) in [5, 5.41) is 2.80. The van der Waals surface area contributed by atoms with Crippen LogP contribution in [0.4, 0.5) is 5.69 Å². The van der Waals surface area contributed by atoms with E-state index in [-0.39, 0.29) is 18.7 Å². The van der Waals surface area contributed by atoms with Crippen molar-refractivity contribution in [3.05, 3.63) is 29.8 Å². The van der Waals surface area contributed by atoms with Crippen molar-refractivity contribution in [3.8, 4) is 0 Å². The molecule has 1 aromatic carbocycles. The van der Waals surface area contributed by atoms with Crippen molar-refractivity contribution in [2.24, 2.45) is 5.73 Å². The summed E-state index contributed by atoms with van der Waals surface area (Å²) >= 11 is 0. The number of amides is 2. The molecule has 0 atom stereocenters. The van der Waals surface area contributed by atoms with Crippen molar-refractivity contribution in [2.75, 3.05) is 5.32 Å². The first-order chi connectivity index (χ1) is 8.00. The summed E-state index contributed by atoms with van der Waals surface area (Å²) in [7, 11) is 0. The van der Waals surface area contributed by atoms with Crippen LogP contribution in [0, 0.1) is 0 Å². The Kier molecular flexibility index (Phi) is 4.69. The Hall–Kier alpha value is -1.84. The average Bonchev–Trinajstić information content (AvgIpc) is 2.27. The molecule has 0 spiro atoms. The lowest BCUT2D eigenvalue weighted by atomic mass is 10.0. The second kappa shape index (κ2) is 6.03. The van der Waals surface area contributed by atoms with E-state index in [1.54, 1.807) is 0 Å². The highest BCUT2D eigenvalue weighted by Crippen LogP contribution is 2.23. The minimum Gasteiger partial charge on any atom is -0.370 e. The quantitative estimate of drug-likeness (QED) is 0.818. The minimum absolute atomic E-state index is 0.0790. The van der Waals surface area contributed by atoms with Gasteiger partial charge in [0, 0.05) is 18.5 Å². The van der Waals surface area contributed by atoms with Crippen LogP contribution < -0.4 is 11.1 Å². The molecule has 4 nitrogen and oxygen atoms in total. The summed E-state index contributed by atoms with van der Waals surface area (Å²) in [5.74, 6) is -0.308. The molecule has 0 unspecified atom stereocenters. The maximum absolute atomic E-state index is 11.6. The van der Waals surface area contributed by atoms with Crippen molar-refractivity contribution in [1.82, 2.24) is 0 Å². The van der Waals surface area contributed by atoms with Crippen molar-refractivity contribution in [1.29, 1.82) is 0 Å². The SMILES string of the molecule is CC(C)c1ccccc1NC(=O)CCC(N)=O. The van der Waals surface area contributed by atoms with Gasteiger partial charge in [0.25, 0.3) is 0 Å². The molecule has 0 aromatic heterocycles. The van der Waals surface area contributed by atoms with E-state index in [4.69, 9.17) is 5.73 Å². The Morgan fingerprint density at radius 3 is 2.47 bits per heavy atom. The van der Waals surface area contributed by atoms with Gasteiger partial charge in [-0.3, -0.25) is 9.59 Å². The minimum atomic E-state index is -0.461. The van der Waals surface area contributed by atoms with Gasteiger partial charge in [-0.05, 0) is 17.5 Å². The zero-order valence-corrected chi connectivity index (χ0v) is 10.2. The summed E-state index contributed by atoms with van der Waals surface area (Å²) in [6.45, 7) is 4.13. The standard InChI is InChI=1S/C13H18N2O2/c1-9(2)10-5-3-4-6-11(10)15-13(17)8-7-12(14)16/h3-6,9H,7-8H2,1-2H3,(H2,14,16)(H,15,17). The van der Waals surface area contributed by atoms with E-state index in [0.717, 1.165) is 11.3 Å². The summed E-state index contributed by atoms with van der Waals surface area (Å²) in [5.41, 5.74) is 6.88. The molecule has 92 valence electrons. The molecule has 0 saturated heterocycles. The molecule has 1 rings (SSSR count). The number of carbonyl (C=O) groups is 2. The van der Waals surface area contributed by atoms with Crippen LogP contribution in [-0.4, -0.2) is 11.8 Å². The van der Waals surface area contributed by atoms with Gasteiger partial charge < -0.3 is 11.1 Å². The molecular formula is C13H18N2O2. The van der Waals surface area contributed by atoms with Crippen LogP contribution in [0.5, 0.6) is 0 Å². The number of primary amides is 1. The Labute approximate surface area is 101 Å². The Morgan fingerprint density at radius 1 is 1.24 bits per heavy atom. The molecule has 0 bridgehead atoms. The maximum Gasteiger partial charge on any atom is 0.224 e. The molecule has 2 amide bonds. The summed E-state index contributed by atoms with van der Waals surface area (Å²) < 4.78 is 0. The van der Waals surface area contributed by atoms with Crippen LogP contribution in [0.2, 0.25) is 0 Å². The van der Waals surface area contributed by atoms with Crippen molar-refractivity contribution < 1.29 is 9.59 Å². The van der Waals surface area contributed by atoms with Gasteiger partial charge in [-0.2, -0.15) is 0 Å². The molecule has 0 saturated carbocycles. The Balaban J connectivity index is 2.68. The highest BCUT2D eigenvalue weighted by molar-refractivity contribution is 5.93. The second-order valence-electron chi connectivity index (χ2n) is 4.26. The normalized spacial score (nSPS) is 10.3. The van der Waals surface area contributed by atoms with E-state index in [9.17, 15) is 9.59 Å². The second-order valence-corrected chi connectivity index (χ2v) is 4.26. The number of benzene rings is 1. The van der Waals surface area contributed by atoms with Crippen LogP contribution in [0.1, 0.15) is 38.2 Å². The first-order valence-corrected chi connectivity index (χ1v) is 5.67. The fraction of sp³-hybridized carbons (Fsp3) is 0.385. The molecule has 0 heterocycles. The van der Waals surface area contributed by atoms with E-state index < -0.39 is 5.91 Å². The highest BCUT2D eigenvalue weighted by Gasteiger charge is 2.09. The van der Waals surface area contributed by atoms with E-state index in [1.165, 1.54) is 0 Å². The monoisotopic (exact) mass is 234 g/mol. The van der Waals surface area contributed by atoms with Gasteiger partial charge in [-0.15, -0.1) is 0 Å². The number of hydrogen-bond acceptors (Lipinski definition) is 2. The van der Waals surface area contributed by atoms with Gasteiger partial charge in [0.15, 0.2) is 0 Å². The average molecular weight is 234 g/mol. The number of nitrogens with two attached hydrogens (primary N) is 1. The molecule has 1 aromatic rings. The maximum atomic E-state index is 11.6. The molecular weight excluding hydrogens is 216 g/mol. The lowest BCUT2D eigenvalue weighted by molar-refractivity contribution is -0.122. The number of para-hydroxylation sites is 1. The van der Waals surface area contributed by atoms with Gasteiger partial charge in [0.1, 0.15) is 0 Å². The lowest BCUT2D eigenvalue weighted by Crippen LogP contribution is -2.17. The van der Waals surface area contributed by atoms with Crippen LogP contribution in [-0.2, 0) is 9.59 Å². The third kappa shape index (κ3) is 4.26. The Bertz CT molecular complexity index is 414. The lowest BCUT2D eigenvalue weighted by Gasteiger charge is -2.13. The van der Waals surface area contributed by atoms with Crippen LogP contribution in [0.25, 0.3) is 0 Å².